The third-order valence-electron chi connectivity index (χ3n) is 3.54. The van der Waals surface area contributed by atoms with Crippen molar-refractivity contribution in [3.63, 3.8) is 0 Å². The van der Waals surface area contributed by atoms with Crippen LogP contribution >= 0.6 is 0 Å². The van der Waals surface area contributed by atoms with Crippen molar-refractivity contribution in [2.24, 2.45) is 0 Å². The van der Waals surface area contributed by atoms with Crippen LogP contribution in [0, 0.1) is 0 Å². The number of nitrogen functional groups attached to an aromatic ring is 1. The van der Waals surface area contributed by atoms with Gasteiger partial charge in [0.1, 0.15) is 11.7 Å². The summed E-state index contributed by atoms with van der Waals surface area (Å²) >= 11 is 0. The summed E-state index contributed by atoms with van der Waals surface area (Å²) in [6.07, 6.45) is 3.32. The number of amides is 2. The molecule has 0 aliphatic carbocycles. The van der Waals surface area contributed by atoms with E-state index in [1.165, 1.54) is 0 Å². The highest BCUT2D eigenvalue weighted by atomic mass is 16.2. The smallest absolute Gasteiger partial charge is 0.271 e. The Bertz CT molecular complexity index is 495. The number of carbonyl (C=O) groups is 2. The van der Waals surface area contributed by atoms with Gasteiger partial charge in [0.05, 0.1) is 5.69 Å². The number of rotatable bonds is 3. The number of nitrogens with zero attached hydrogens (tertiary/aromatic N) is 2. The summed E-state index contributed by atoms with van der Waals surface area (Å²) < 4.78 is 1.82. The first-order chi connectivity index (χ1) is 9.08. The molecule has 1 unspecified atom stereocenters. The summed E-state index contributed by atoms with van der Waals surface area (Å²) in [7, 11) is 1.59. The maximum Gasteiger partial charge on any atom is 0.271 e. The fourth-order valence-corrected chi connectivity index (χ4v) is 2.57. The molecule has 19 heavy (non-hydrogen) atoms. The van der Waals surface area contributed by atoms with Gasteiger partial charge >= 0.3 is 0 Å². The highest BCUT2D eigenvalue weighted by Crippen LogP contribution is 2.22. The van der Waals surface area contributed by atoms with E-state index in [9.17, 15) is 9.59 Å². The molecular formula is C13H20N4O2. The van der Waals surface area contributed by atoms with E-state index < -0.39 is 0 Å². The highest BCUT2D eigenvalue weighted by molar-refractivity contribution is 5.97. The quantitative estimate of drug-likeness (QED) is 0.831. The largest absolute Gasteiger partial charge is 0.397 e. The Kier molecular flexibility index (Phi) is 3.78. The van der Waals surface area contributed by atoms with Gasteiger partial charge < -0.3 is 20.5 Å². The van der Waals surface area contributed by atoms with Crippen LogP contribution in [0.1, 0.15) is 30.3 Å². The average Bonchev–Trinajstić information content (AvgIpc) is 3.02. The van der Waals surface area contributed by atoms with Crippen molar-refractivity contribution in [1.82, 2.24) is 14.8 Å². The lowest BCUT2D eigenvalue weighted by Gasteiger charge is -2.23. The highest BCUT2D eigenvalue weighted by Gasteiger charge is 2.34. The summed E-state index contributed by atoms with van der Waals surface area (Å²) in [5.41, 5.74) is 6.86. The second-order valence-electron chi connectivity index (χ2n) is 4.72. The van der Waals surface area contributed by atoms with E-state index in [2.05, 4.69) is 5.32 Å². The third-order valence-corrected chi connectivity index (χ3v) is 3.54. The molecule has 1 aliphatic heterocycles. The van der Waals surface area contributed by atoms with Crippen molar-refractivity contribution >= 4 is 17.5 Å². The van der Waals surface area contributed by atoms with Gasteiger partial charge in [-0.15, -0.1) is 0 Å². The molecule has 1 aliphatic rings. The molecule has 0 radical (unpaired) electrons. The first-order valence-corrected chi connectivity index (χ1v) is 6.56. The normalized spacial score (nSPS) is 18.6. The standard InChI is InChI=1S/C13H20N4O2/c1-3-16-8-9(14)7-11(16)13(19)17-6-4-5-10(17)12(18)15-2/h7-8,10H,3-6,14H2,1-2H3,(H,15,18). The lowest BCUT2D eigenvalue weighted by molar-refractivity contribution is -0.124. The van der Waals surface area contributed by atoms with E-state index in [0.29, 0.717) is 30.9 Å². The summed E-state index contributed by atoms with van der Waals surface area (Å²) in [6, 6.07) is 1.31. The van der Waals surface area contributed by atoms with Crippen LogP contribution < -0.4 is 11.1 Å². The van der Waals surface area contributed by atoms with Crippen LogP contribution in [0.25, 0.3) is 0 Å². The minimum Gasteiger partial charge on any atom is -0.397 e. The van der Waals surface area contributed by atoms with Crippen LogP contribution in [0.3, 0.4) is 0 Å². The lowest BCUT2D eigenvalue weighted by atomic mass is 10.2. The minimum absolute atomic E-state index is 0.103. The Morgan fingerprint density at radius 2 is 2.26 bits per heavy atom. The van der Waals surface area contributed by atoms with Gasteiger partial charge in [-0.3, -0.25) is 9.59 Å². The summed E-state index contributed by atoms with van der Waals surface area (Å²) in [4.78, 5) is 26.0. The molecule has 0 saturated carbocycles. The summed E-state index contributed by atoms with van der Waals surface area (Å²) in [5, 5.41) is 2.61. The Morgan fingerprint density at radius 1 is 1.53 bits per heavy atom. The monoisotopic (exact) mass is 264 g/mol. The van der Waals surface area contributed by atoms with Gasteiger partial charge in [-0.05, 0) is 25.8 Å². The number of likely N-dealkylation sites (tertiary alicyclic amines) is 1. The van der Waals surface area contributed by atoms with Gasteiger partial charge in [-0.25, -0.2) is 0 Å². The van der Waals surface area contributed by atoms with Gasteiger partial charge in [-0.2, -0.15) is 0 Å². The van der Waals surface area contributed by atoms with Crippen LogP contribution in [0.15, 0.2) is 12.3 Å². The van der Waals surface area contributed by atoms with Crippen molar-refractivity contribution in [2.45, 2.75) is 32.4 Å². The van der Waals surface area contributed by atoms with Crippen molar-refractivity contribution in [2.75, 3.05) is 19.3 Å². The second-order valence-corrected chi connectivity index (χ2v) is 4.72. The van der Waals surface area contributed by atoms with Gasteiger partial charge in [0, 0.05) is 26.3 Å². The Labute approximate surface area is 112 Å². The van der Waals surface area contributed by atoms with Gasteiger partial charge in [0.25, 0.3) is 5.91 Å². The number of likely N-dealkylation sites (N-methyl/N-ethyl adjacent to an activating group) is 1. The molecule has 1 aromatic heterocycles. The Hall–Kier alpha value is -1.98. The zero-order valence-electron chi connectivity index (χ0n) is 11.3. The second kappa shape index (κ2) is 5.34. The van der Waals surface area contributed by atoms with Crippen molar-refractivity contribution in [1.29, 1.82) is 0 Å². The molecule has 0 spiro atoms. The van der Waals surface area contributed by atoms with Crippen molar-refractivity contribution in [3.8, 4) is 0 Å². The summed E-state index contributed by atoms with van der Waals surface area (Å²) in [5.74, 6) is -0.224. The predicted molar refractivity (Wildman–Crippen MR) is 72.6 cm³/mol. The maximum atomic E-state index is 12.5. The van der Waals surface area contributed by atoms with Crippen LogP contribution in [0.4, 0.5) is 5.69 Å². The van der Waals surface area contributed by atoms with Crippen LogP contribution in [0.5, 0.6) is 0 Å². The molecule has 0 aromatic carbocycles. The topological polar surface area (TPSA) is 80.4 Å². The molecule has 1 atom stereocenters. The van der Waals surface area contributed by atoms with E-state index >= 15 is 0 Å². The minimum atomic E-state index is -0.362. The predicted octanol–water partition coefficient (Wildman–Crippen LogP) is 0.441. The van der Waals surface area contributed by atoms with E-state index in [1.54, 1.807) is 24.2 Å². The van der Waals surface area contributed by atoms with Gasteiger partial charge in [0.2, 0.25) is 5.91 Å². The van der Waals surface area contributed by atoms with E-state index in [0.717, 1.165) is 6.42 Å². The molecule has 2 amide bonds. The van der Waals surface area contributed by atoms with Crippen LogP contribution in [-0.2, 0) is 11.3 Å². The fraction of sp³-hybridized carbons (Fsp3) is 0.538. The number of hydrogen-bond acceptors (Lipinski definition) is 3. The van der Waals surface area contributed by atoms with Crippen molar-refractivity contribution < 1.29 is 9.59 Å². The molecule has 104 valence electrons. The average molecular weight is 264 g/mol. The van der Waals surface area contributed by atoms with E-state index in [1.807, 2.05) is 11.5 Å². The van der Waals surface area contributed by atoms with Crippen molar-refractivity contribution in [3.05, 3.63) is 18.0 Å². The first-order valence-electron chi connectivity index (χ1n) is 6.56. The molecular weight excluding hydrogens is 244 g/mol. The zero-order chi connectivity index (χ0) is 14.0. The van der Waals surface area contributed by atoms with Gasteiger partial charge in [0.15, 0.2) is 0 Å². The molecule has 6 nitrogen and oxygen atoms in total. The zero-order valence-corrected chi connectivity index (χ0v) is 11.3. The number of hydrogen-bond donors (Lipinski definition) is 2. The Morgan fingerprint density at radius 3 is 2.89 bits per heavy atom. The summed E-state index contributed by atoms with van der Waals surface area (Å²) in [6.45, 7) is 3.25. The molecule has 1 fully saturated rings. The molecule has 0 bridgehead atoms. The van der Waals surface area contributed by atoms with Crippen LogP contribution in [0.2, 0.25) is 0 Å². The van der Waals surface area contributed by atoms with E-state index in [-0.39, 0.29) is 17.9 Å². The number of nitrogens with one attached hydrogen (secondary N) is 1. The SMILES string of the molecule is CCn1cc(N)cc1C(=O)N1CCCC1C(=O)NC. The van der Waals surface area contributed by atoms with Crippen LogP contribution in [-0.4, -0.2) is 40.9 Å². The molecule has 2 heterocycles. The lowest BCUT2D eigenvalue weighted by Crippen LogP contribution is -2.45. The number of aryl methyl sites for hydroxylation is 1. The Balaban J connectivity index is 2.25. The molecule has 1 aromatic rings. The molecule has 3 N–H and O–H groups in total. The number of nitrogens with two attached hydrogens (primary N) is 1. The fourth-order valence-electron chi connectivity index (χ4n) is 2.57. The number of carbonyl (C=O) groups excluding carboxylic acids is 2. The first kappa shape index (κ1) is 13.5. The van der Waals surface area contributed by atoms with Gasteiger partial charge in [-0.1, -0.05) is 0 Å². The maximum absolute atomic E-state index is 12.5. The molecule has 2 rings (SSSR count). The third kappa shape index (κ3) is 2.43. The van der Waals surface area contributed by atoms with E-state index in [4.69, 9.17) is 5.73 Å². The number of anilines is 1. The molecule has 6 heteroatoms. The molecule has 1 saturated heterocycles. The number of aromatic nitrogens is 1.